The van der Waals surface area contributed by atoms with E-state index in [0.29, 0.717) is 13.0 Å². The zero-order chi connectivity index (χ0) is 13.2. The van der Waals surface area contributed by atoms with Gasteiger partial charge in [-0.25, -0.2) is 0 Å². The maximum Gasteiger partial charge on any atom is 0.0732 e. The minimum Gasteiger partial charge on any atom is -0.393 e. The van der Waals surface area contributed by atoms with E-state index < -0.39 is 0 Å². The molecule has 0 aliphatic rings. The summed E-state index contributed by atoms with van der Waals surface area (Å²) in [5, 5.41) is 9.58. The molecule has 1 aromatic rings. The number of rotatable bonds is 8. The highest BCUT2D eigenvalue weighted by atomic mass is 16.5. The first kappa shape index (κ1) is 14.9. The van der Waals surface area contributed by atoms with E-state index in [1.807, 2.05) is 37.3 Å². The fourth-order valence-corrected chi connectivity index (χ4v) is 1.74. The number of hydrogen-bond acceptors (Lipinski definition) is 2. The largest absolute Gasteiger partial charge is 0.393 e. The average Bonchev–Trinajstić information content (AvgIpc) is 2.38. The Kier molecular flexibility index (Phi) is 7.38. The number of ether oxygens (including phenoxy) is 1. The predicted octanol–water partition coefficient (Wildman–Crippen LogP) is 3.70. The summed E-state index contributed by atoms with van der Waals surface area (Å²) in [7, 11) is 0. The third-order valence-corrected chi connectivity index (χ3v) is 2.79. The summed E-state index contributed by atoms with van der Waals surface area (Å²) in [5.74, 6) is 0. The summed E-state index contributed by atoms with van der Waals surface area (Å²) in [6, 6.07) is 10.1. The standard InChI is InChI=1S/C16H24O2/c1-3-8-16(17)12-7-9-14(2)18-13-15-10-5-4-6-11-15/h4-7,9-11,14,16-17H,3,8,12-13H2,1-2H3/b9-7-/t14-,16-/m0/s1. The minimum absolute atomic E-state index is 0.0824. The van der Waals surface area contributed by atoms with Gasteiger partial charge in [-0.2, -0.15) is 0 Å². The zero-order valence-electron chi connectivity index (χ0n) is 11.4. The van der Waals surface area contributed by atoms with Gasteiger partial charge in [0.1, 0.15) is 0 Å². The van der Waals surface area contributed by atoms with Crippen molar-refractivity contribution in [2.45, 2.75) is 51.9 Å². The SMILES string of the molecule is CCC[C@H](O)C/C=C\[C@H](C)OCc1ccccc1. The molecule has 0 saturated carbocycles. The Balaban J connectivity index is 2.21. The van der Waals surface area contributed by atoms with Crippen molar-refractivity contribution >= 4 is 0 Å². The molecule has 100 valence electrons. The van der Waals surface area contributed by atoms with Crippen molar-refractivity contribution in [3.05, 3.63) is 48.0 Å². The molecule has 0 aliphatic heterocycles. The number of aliphatic hydroxyl groups is 1. The van der Waals surface area contributed by atoms with Crippen LogP contribution in [0.25, 0.3) is 0 Å². The van der Waals surface area contributed by atoms with Crippen molar-refractivity contribution in [2.24, 2.45) is 0 Å². The van der Waals surface area contributed by atoms with Gasteiger partial charge >= 0.3 is 0 Å². The van der Waals surface area contributed by atoms with E-state index in [-0.39, 0.29) is 12.2 Å². The topological polar surface area (TPSA) is 29.5 Å². The fourth-order valence-electron chi connectivity index (χ4n) is 1.74. The van der Waals surface area contributed by atoms with Crippen LogP contribution in [0.1, 0.15) is 38.7 Å². The highest BCUT2D eigenvalue weighted by Gasteiger charge is 2.01. The monoisotopic (exact) mass is 248 g/mol. The van der Waals surface area contributed by atoms with Crippen molar-refractivity contribution in [3.63, 3.8) is 0 Å². The Morgan fingerprint density at radius 2 is 2.00 bits per heavy atom. The number of aliphatic hydroxyl groups excluding tert-OH is 1. The van der Waals surface area contributed by atoms with Gasteiger partial charge in [-0.3, -0.25) is 0 Å². The van der Waals surface area contributed by atoms with E-state index in [4.69, 9.17) is 4.74 Å². The van der Waals surface area contributed by atoms with Crippen LogP contribution < -0.4 is 0 Å². The van der Waals surface area contributed by atoms with Crippen molar-refractivity contribution in [3.8, 4) is 0 Å². The lowest BCUT2D eigenvalue weighted by molar-refractivity contribution is 0.0835. The van der Waals surface area contributed by atoms with Crippen molar-refractivity contribution in [2.75, 3.05) is 0 Å². The molecule has 0 heterocycles. The molecule has 0 radical (unpaired) electrons. The summed E-state index contributed by atoms with van der Waals surface area (Å²) in [6.45, 7) is 4.73. The molecule has 0 unspecified atom stereocenters. The van der Waals surface area contributed by atoms with Gasteiger partial charge in [0.2, 0.25) is 0 Å². The van der Waals surface area contributed by atoms with Gasteiger partial charge in [0.05, 0.1) is 18.8 Å². The Hall–Kier alpha value is -1.12. The Morgan fingerprint density at radius 3 is 2.67 bits per heavy atom. The molecular formula is C16H24O2. The van der Waals surface area contributed by atoms with Gasteiger partial charge in [-0.1, -0.05) is 55.8 Å². The smallest absolute Gasteiger partial charge is 0.0732 e. The first-order valence-corrected chi connectivity index (χ1v) is 6.72. The second-order valence-electron chi connectivity index (χ2n) is 4.61. The molecule has 2 heteroatoms. The van der Waals surface area contributed by atoms with Crippen LogP contribution >= 0.6 is 0 Å². The molecule has 2 atom stereocenters. The first-order chi connectivity index (χ1) is 8.72. The van der Waals surface area contributed by atoms with Crippen LogP contribution in [0.3, 0.4) is 0 Å². The molecule has 1 N–H and O–H groups in total. The molecule has 2 nitrogen and oxygen atoms in total. The molecule has 0 amide bonds. The maximum atomic E-state index is 9.58. The minimum atomic E-state index is -0.215. The van der Waals surface area contributed by atoms with Crippen LogP contribution in [0.15, 0.2) is 42.5 Å². The quantitative estimate of drug-likeness (QED) is 0.711. The van der Waals surface area contributed by atoms with E-state index in [2.05, 4.69) is 19.1 Å². The molecule has 0 aliphatic carbocycles. The Labute approximate surface area is 110 Å². The molecule has 1 rings (SSSR count). The molecular weight excluding hydrogens is 224 g/mol. The molecule has 0 spiro atoms. The Bertz CT molecular complexity index is 332. The van der Waals surface area contributed by atoms with Gasteiger partial charge in [-0.15, -0.1) is 0 Å². The molecule has 18 heavy (non-hydrogen) atoms. The van der Waals surface area contributed by atoms with Gasteiger partial charge in [-0.05, 0) is 25.3 Å². The van der Waals surface area contributed by atoms with Gasteiger partial charge < -0.3 is 9.84 Å². The van der Waals surface area contributed by atoms with Gasteiger partial charge in [0.15, 0.2) is 0 Å². The lowest BCUT2D eigenvalue weighted by atomic mass is 10.1. The van der Waals surface area contributed by atoms with Crippen molar-refractivity contribution in [1.29, 1.82) is 0 Å². The van der Waals surface area contributed by atoms with E-state index in [1.165, 1.54) is 5.56 Å². The lowest BCUT2D eigenvalue weighted by Gasteiger charge is -2.09. The van der Waals surface area contributed by atoms with Crippen LogP contribution in [0.2, 0.25) is 0 Å². The number of hydrogen-bond donors (Lipinski definition) is 1. The summed E-state index contributed by atoms with van der Waals surface area (Å²) < 4.78 is 5.70. The highest BCUT2D eigenvalue weighted by Crippen LogP contribution is 2.06. The Morgan fingerprint density at radius 1 is 1.28 bits per heavy atom. The highest BCUT2D eigenvalue weighted by molar-refractivity contribution is 5.13. The molecule has 1 aromatic carbocycles. The van der Waals surface area contributed by atoms with E-state index in [0.717, 1.165) is 12.8 Å². The van der Waals surface area contributed by atoms with E-state index in [9.17, 15) is 5.11 Å². The van der Waals surface area contributed by atoms with Crippen LogP contribution in [0, 0.1) is 0 Å². The van der Waals surface area contributed by atoms with Crippen LogP contribution in [-0.4, -0.2) is 17.3 Å². The summed E-state index contributed by atoms with van der Waals surface area (Å²) in [5.41, 5.74) is 1.18. The van der Waals surface area contributed by atoms with E-state index >= 15 is 0 Å². The molecule has 0 aromatic heterocycles. The third kappa shape index (κ3) is 6.58. The second kappa shape index (κ2) is 8.90. The first-order valence-electron chi connectivity index (χ1n) is 6.72. The van der Waals surface area contributed by atoms with Crippen LogP contribution in [0.5, 0.6) is 0 Å². The number of benzene rings is 1. The molecule has 0 fully saturated rings. The van der Waals surface area contributed by atoms with Crippen molar-refractivity contribution in [1.82, 2.24) is 0 Å². The van der Waals surface area contributed by atoms with Crippen LogP contribution in [0.4, 0.5) is 0 Å². The summed E-state index contributed by atoms with van der Waals surface area (Å²) >= 11 is 0. The summed E-state index contributed by atoms with van der Waals surface area (Å²) in [4.78, 5) is 0. The third-order valence-electron chi connectivity index (χ3n) is 2.79. The normalized spacial score (nSPS) is 14.8. The summed E-state index contributed by atoms with van der Waals surface area (Å²) in [6.07, 6.45) is 6.50. The second-order valence-corrected chi connectivity index (χ2v) is 4.61. The average molecular weight is 248 g/mol. The van der Waals surface area contributed by atoms with Gasteiger partial charge in [0, 0.05) is 0 Å². The van der Waals surface area contributed by atoms with Gasteiger partial charge in [0.25, 0.3) is 0 Å². The molecule has 0 saturated heterocycles. The molecule has 0 bridgehead atoms. The fraction of sp³-hybridized carbons (Fsp3) is 0.500. The van der Waals surface area contributed by atoms with Crippen molar-refractivity contribution < 1.29 is 9.84 Å². The van der Waals surface area contributed by atoms with E-state index in [1.54, 1.807) is 0 Å². The lowest BCUT2D eigenvalue weighted by Crippen LogP contribution is -2.06. The van der Waals surface area contributed by atoms with Crippen LogP contribution in [-0.2, 0) is 11.3 Å². The zero-order valence-corrected chi connectivity index (χ0v) is 11.4. The predicted molar refractivity (Wildman–Crippen MR) is 75.4 cm³/mol. The maximum absolute atomic E-state index is 9.58.